The van der Waals surface area contributed by atoms with E-state index >= 15 is 0 Å². The highest BCUT2D eigenvalue weighted by Gasteiger charge is 2.30. The fourth-order valence-corrected chi connectivity index (χ4v) is 5.28. The van der Waals surface area contributed by atoms with Crippen LogP contribution in [0.25, 0.3) is 10.2 Å². The Balaban J connectivity index is 1.80. The zero-order chi connectivity index (χ0) is 24.1. The monoisotopic (exact) mass is 493 g/mol. The van der Waals surface area contributed by atoms with Crippen LogP contribution in [0.5, 0.6) is 5.75 Å². The number of hydrogen-bond donors (Lipinski definition) is 0. The molecule has 0 atom stereocenters. The number of benzene rings is 3. The van der Waals surface area contributed by atoms with Crippen molar-refractivity contribution >= 4 is 44.2 Å². The van der Waals surface area contributed by atoms with Crippen molar-refractivity contribution in [3.05, 3.63) is 88.9 Å². The molecule has 4 rings (SSSR count). The summed E-state index contributed by atoms with van der Waals surface area (Å²) in [5.74, 6) is 0.196. The summed E-state index contributed by atoms with van der Waals surface area (Å²) in [6.45, 7) is 1.41. The molecule has 5 nitrogen and oxygen atoms in total. The SMILES string of the molecule is COc1ccc(Cl)c2sc(N(CCCN(C)C)C(=O)C(c3ccccc3)c3ccccc3)nc12. The van der Waals surface area contributed by atoms with Crippen molar-refractivity contribution in [2.24, 2.45) is 0 Å². The van der Waals surface area contributed by atoms with Crippen LogP contribution >= 0.6 is 22.9 Å². The van der Waals surface area contributed by atoms with E-state index in [9.17, 15) is 4.79 Å². The van der Waals surface area contributed by atoms with Crippen molar-refractivity contribution in [2.75, 3.05) is 39.2 Å². The Hall–Kier alpha value is -2.93. The Morgan fingerprint density at radius 3 is 2.15 bits per heavy atom. The molecule has 7 heteroatoms. The van der Waals surface area contributed by atoms with E-state index in [-0.39, 0.29) is 5.91 Å². The zero-order valence-electron chi connectivity index (χ0n) is 19.6. The molecule has 0 bridgehead atoms. The number of fused-ring (bicyclic) bond motifs is 1. The highest BCUT2D eigenvalue weighted by Crippen LogP contribution is 2.40. The Kier molecular flexibility index (Phi) is 7.83. The Morgan fingerprint density at radius 1 is 0.971 bits per heavy atom. The molecule has 176 valence electrons. The van der Waals surface area contributed by atoms with Crippen molar-refractivity contribution in [1.82, 2.24) is 9.88 Å². The summed E-state index contributed by atoms with van der Waals surface area (Å²) in [6.07, 6.45) is 0.815. The number of thiazole rings is 1. The molecule has 4 aromatic rings. The van der Waals surface area contributed by atoms with Crippen LogP contribution < -0.4 is 9.64 Å². The van der Waals surface area contributed by atoms with E-state index in [1.807, 2.05) is 85.7 Å². The fourth-order valence-electron chi connectivity index (χ4n) is 3.99. The number of carbonyl (C=O) groups excluding carboxylic acids is 1. The van der Waals surface area contributed by atoms with Gasteiger partial charge >= 0.3 is 0 Å². The van der Waals surface area contributed by atoms with Gasteiger partial charge in [0.05, 0.1) is 22.8 Å². The van der Waals surface area contributed by atoms with Crippen LogP contribution in [0.4, 0.5) is 5.13 Å². The first-order valence-electron chi connectivity index (χ1n) is 11.2. The van der Waals surface area contributed by atoms with Gasteiger partial charge in [-0.1, -0.05) is 83.6 Å². The van der Waals surface area contributed by atoms with Gasteiger partial charge in [-0.05, 0) is 50.3 Å². The van der Waals surface area contributed by atoms with Crippen LogP contribution in [-0.2, 0) is 4.79 Å². The Bertz CT molecular complexity index is 1210. The maximum Gasteiger partial charge on any atom is 0.240 e. The summed E-state index contributed by atoms with van der Waals surface area (Å²) in [5, 5.41) is 1.23. The second-order valence-corrected chi connectivity index (χ2v) is 9.71. The van der Waals surface area contributed by atoms with Crippen LogP contribution in [0.2, 0.25) is 5.02 Å². The molecule has 0 radical (unpaired) electrons. The molecular formula is C27H28ClN3O2S. The molecule has 34 heavy (non-hydrogen) atoms. The van der Waals surface area contributed by atoms with Gasteiger partial charge < -0.3 is 9.64 Å². The summed E-state index contributed by atoms with van der Waals surface area (Å²) >= 11 is 7.91. The zero-order valence-corrected chi connectivity index (χ0v) is 21.1. The number of ether oxygens (including phenoxy) is 1. The maximum atomic E-state index is 14.3. The third kappa shape index (κ3) is 5.25. The molecule has 0 saturated carbocycles. The molecule has 1 amide bonds. The van der Waals surface area contributed by atoms with E-state index in [1.165, 1.54) is 11.3 Å². The number of aromatic nitrogens is 1. The smallest absolute Gasteiger partial charge is 0.240 e. The van der Waals surface area contributed by atoms with E-state index in [4.69, 9.17) is 21.3 Å². The van der Waals surface area contributed by atoms with Crippen LogP contribution in [0.3, 0.4) is 0 Å². The molecule has 0 aliphatic heterocycles. The van der Waals surface area contributed by atoms with Crippen molar-refractivity contribution in [3.63, 3.8) is 0 Å². The molecule has 0 spiro atoms. The van der Waals surface area contributed by atoms with Gasteiger partial charge in [-0.25, -0.2) is 4.98 Å². The molecule has 1 heterocycles. The van der Waals surface area contributed by atoms with E-state index in [2.05, 4.69) is 4.90 Å². The number of nitrogens with zero attached hydrogens (tertiary/aromatic N) is 3. The minimum absolute atomic E-state index is 0.00898. The number of hydrogen-bond acceptors (Lipinski definition) is 5. The lowest BCUT2D eigenvalue weighted by Crippen LogP contribution is -2.37. The average molecular weight is 494 g/mol. The molecular weight excluding hydrogens is 466 g/mol. The van der Waals surface area contributed by atoms with Crippen LogP contribution in [-0.4, -0.2) is 50.1 Å². The van der Waals surface area contributed by atoms with Crippen molar-refractivity contribution in [1.29, 1.82) is 0 Å². The standard InChI is InChI=1S/C27H28ClN3O2S/c1-30(2)17-10-18-31(27-29-24-22(33-3)16-15-21(28)25(24)34-27)26(32)23(19-11-6-4-7-12-19)20-13-8-5-9-14-20/h4-9,11-16,23H,10,17-18H2,1-3H3. The van der Waals surface area contributed by atoms with Gasteiger partial charge in [-0.2, -0.15) is 0 Å². The molecule has 0 N–H and O–H groups in total. The molecule has 1 aromatic heterocycles. The van der Waals surface area contributed by atoms with Crippen molar-refractivity contribution < 1.29 is 9.53 Å². The second kappa shape index (κ2) is 11.0. The summed E-state index contributed by atoms with van der Waals surface area (Å²) in [6, 6.07) is 23.4. The lowest BCUT2D eigenvalue weighted by atomic mass is 9.90. The average Bonchev–Trinajstić information content (AvgIpc) is 3.29. The van der Waals surface area contributed by atoms with Gasteiger partial charge in [0.25, 0.3) is 0 Å². The highest BCUT2D eigenvalue weighted by molar-refractivity contribution is 7.23. The molecule has 0 aliphatic rings. The predicted octanol–water partition coefficient (Wildman–Crippen LogP) is 6.08. The van der Waals surface area contributed by atoms with Crippen LogP contribution in [0, 0.1) is 0 Å². The van der Waals surface area contributed by atoms with E-state index in [1.54, 1.807) is 13.2 Å². The molecule has 0 saturated heterocycles. The van der Waals surface area contributed by atoms with Crippen LogP contribution in [0.15, 0.2) is 72.8 Å². The van der Waals surface area contributed by atoms with Gasteiger partial charge in [-0.3, -0.25) is 9.69 Å². The third-order valence-electron chi connectivity index (χ3n) is 5.66. The van der Waals surface area contributed by atoms with Gasteiger partial charge in [0, 0.05) is 6.54 Å². The predicted molar refractivity (Wildman–Crippen MR) is 141 cm³/mol. The van der Waals surface area contributed by atoms with Crippen LogP contribution in [0.1, 0.15) is 23.5 Å². The summed E-state index contributed by atoms with van der Waals surface area (Å²) in [4.78, 5) is 23.0. The number of methoxy groups -OCH3 is 1. The van der Waals surface area contributed by atoms with Crippen molar-refractivity contribution in [3.8, 4) is 5.75 Å². The number of amides is 1. The topological polar surface area (TPSA) is 45.7 Å². The number of anilines is 1. The minimum Gasteiger partial charge on any atom is -0.494 e. The largest absolute Gasteiger partial charge is 0.494 e. The molecule has 0 aliphatic carbocycles. The number of rotatable bonds is 9. The first-order chi connectivity index (χ1) is 16.5. The quantitative estimate of drug-likeness (QED) is 0.283. The minimum atomic E-state index is -0.439. The normalized spacial score (nSPS) is 11.4. The first-order valence-corrected chi connectivity index (χ1v) is 12.4. The van der Waals surface area contributed by atoms with E-state index in [0.29, 0.717) is 28.0 Å². The van der Waals surface area contributed by atoms with Gasteiger partial charge in [0.15, 0.2) is 5.13 Å². The number of halogens is 1. The van der Waals surface area contributed by atoms with Gasteiger partial charge in [-0.15, -0.1) is 0 Å². The third-order valence-corrected chi connectivity index (χ3v) is 7.20. The highest BCUT2D eigenvalue weighted by atomic mass is 35.5. The van der Waals surface area contributed by atoms with E-state index in [0.717, 1.165) is 28.8 Å². The summed E-state index contributed by atoms with van der Waals surface area (Å²) in [7, 11) is 5.68. The first kappa shape index (κ1) is 24.2. The number of carbonyl (C=O) groups is 1. The fraction of sp³-hybridized carbons (Fsp3) is 0.259. The lowest BCUT2D eigenvalue weighted by molar-refractivity contribution is -0.119. The molecule has 0 unspecified atom stereocenters. The lowest BCUT2D eigenvalue weighted by Gasteiger charge is -2.26. The van der Waals surface area contributed by atoms with Crippen molar-refractivity contribution in [2.45, 2.75) is 12.3 Å². The molecule has 3 aromatic carbocycles. The Morgan fingerprint density at radius 2 is 1.59 bits per heavy atom. The Labute approximate surface area is 209 Å². The molecule has 0 fully saturated rings. The summed E-state index contributed by atoms with van der Waals surface area (Å²) in [5.41, 5.74) is 2.58. The van der Waals surface area contributed by atoms with Gasteiger partial charge in [0.1, 0.15) is 11.3 Å². The van der Waals surface area contributed by atoms with Gasteiger partial charge in [0.2, 0.25) is 5.91 Å². The van der Waals surface area contributed by atoms with E-state index < -0.39 is 5.92 Å². The maximum absolute atomic E-state index is 14.3. The summed E-state index contributed by atoms with van der Waals surface area (Å²) < 4.78 is 6.33. The second-order valence-electron chi connectivity index (χ2n) is 8.32.